The molecule has 1 aliphatic rings. The van der Waals surface area contributed by atoms with E-state index < -0.39 is 17.8 Å². The predicted molar refractivity (Wildman–Crippen MR) is 88.0 cm³/mol. The van der Waals surface area contributed by atoms with E-state index in [-0.39, 0.29) is 5.57 Å². The van der Waals surface area contributed by atoms with Crippen LogP contribution in [-0.4, -0.2) is 17.8 Å². The summed E-state index contributed by atoms with van der Waals surface area (Å²) in [6.07, 6.45) is 6.01. The van der Waals surface area contributed by atoms with E-state index in [4.69, 9.17) is 4.42 Å². The van der Waals surface area contributed by atoms with Crippen LogP contribution in [0.3, 0.4) is 0 Å². The molecule has 4 amide bonds. The van der Waals surface area contributed by atoms with Gasteiger partial charge in [-0.25, -0.2) is 9.69 Å². The van der Waals surface area contributed by atoms with E-state index in [1.165, 1.54) is 18.4 Å². The highest BCUT2D eigenvalue weighted by Gasteiger charge is 2.36. The third-order valence-corrected chi connectivity index (χ3v) is 3.43. The Balaban J connectivity index is 1.91. The maximum atomic E-state index is 12.6. The number of urea groups is 1. The van der Waals surface area contributed by atoms with Crippen molar-refractivity contribution in [3.05, 3.63) is 71.7 Å². The summed E-state index contributed by atoms with van der Waals surface area (Å²) in [7, 11) is 0. The van der Waals surface area contributed by atoms with Gasteiger partial charge in [0.15, 0.2) is 0 Å². The maximum Gasteiger partial charge on any atom is 0.335 e. The highest BCUT2D eigenvalue weighted by Crippen LogP contribution is 2.21. The number of barbiturate groups is 1. The van der Waals surface area contributed by atoms with E-state index in [0.29, 0.717) is 11.4 Å². The Morgan fingerprint density at radius 1 is 1.12 bits per heavy atom. The molecule has 6 nitrogen and oxygen atoms in total. The molecule has 0 atom stereocenters. The van der Waals surface area contributed by atoms with Gasteiger partial charge in [-0.05, 0) is 48.9 Å². The Kier molecular flexibility index (Phi) is 4.11. The lowest BCUT2D eigenvalue weighted by Crippen LogP contribution is -2.54. The minimum atomic E-state index is -0.761. The minimum Gasteiger partial charge on any atom is -0.465 e. The number of nitrogens with one attached hydrogen (secondary N) is 1. The van der Waals surface area contributed by atoms with E-state index in [0.717, 1.165) is 10.5 Å². The fraction of sp³-hybridized carbons (Fsp3) is 0.0556. The number of allylic oxidation sites excluding steroid dienone is 2. The molecule has 2 heterocycles. The Hall–Kier alpha value is -3.41. The zero-order valence-electron chi connectivity index (χ0n) is 12.9. The SMILES string of the molecule is Cc1cccc(N2C(=O)NC(=O)/C(=C/C=C/c3ccco3)C2=O)c1. The lowest BCUT2D eigenvalue weighted by molar-refractivity contribution is -0.122. The molecule has 2 aromatic rings. The van der Waals surface area contributed by atoms with Crippen molar-refractivity contribution in [3.8, 4) is 0 Å². The van der Waals surface area contributed by atoms with Crippen LogP contribution in [0.25, 0.3) is 6.08 Å². The number of hydrogen-bond donors (Lipinski definition) is 1. The highest BCUT2D eigenvalue weighted by atomic mass is 16.3. The van der Waals surface area contributed by atoms with Crippen LogP contribution in [-0.2, 0) is 9.59 Å². The fourth-order valence-electron chi connectivity index (χ4n) is 2.30. The lowest BCUT2D eigenvalue weighted by Gasteiger charge is -2.26. The molecule has 120 valence electrons. The molecule has 0 saturated carbocycles. The summed E-state index contributed by atoms with van der Waals surface area (Å²) in [5.74, 6) is -0.807. The van der Waals surface area contributed by atoms with Crippen LogP contribution in [0.15, 0.2) is 64.8 Å². The molecule has 0 radical (unpaired) electrons. The molecule has 0 bridgehead atoms. The van der Waals surface area contributed by atoms with Gasteiger partial charge in [-0.2, -0.15) is 0 Å². The number of nitrogens with zero attached hydrogens (tertiary/aromatic N) is 1. The molecule has 1 aromatic heterocycles. The standard InChI is InChI=1S/C18H14N2O4/c1-12-5-2-6-13(11-12)20-17(22)15(16(21)19-18(20)23)9-3-7-14-8-4-10-24-14/h2-11H,1H3,(H,19,21,23)/b7-3+,15-9-. The van der Waals surface area contributed by atoms with E-state index in [9.17, 15) is 14.4 Å². The summed E-state index contributed by atoms with van der Waals surface area (Å²) in [4.78, 5) is 37.5. The molecule has 1 aliphatic heterocycles. The van der Waals surface area contributed by atoms with Crippen LogP contribution < -0.4 is 10.2 Å². The van der Waals surface area contributed by atoms with Crippen molar-refractivity contribution in [2.24, 2.45) is 0 Å². The second-order valence-corrected chi connectivity index (χ2v) is 5.19. The van der Waals surface area contributed by atoms with Crippen molar-refractivity contribution in [2.45, 2.75) is 6.92 Å². The largest absolute Gasteiger partial charge is 0.465 e. The molecule has 6 heteroatoms. The van der Waals surface area contributed by atoms with Crippen LogP contribution in [0.4, 0.5) is 10.5 Å². The highest BCUT2D eigenvalue weighted by molar-refractivity contribution is 6.37. The normalized spacial score (nSPS) is 17.0. The Morgan fingerprint density at radius 2 is 1.96 bits per heavy atom. The van der Waals surface area contributed by atoms with Crippen LogP contribution in [0.2, 0.25) is 0 Å². The number of carbonyl (C=O) groups is 3. The summed E-state index contributed by atoms with van der Waals surface area (Å²) >= 11 is 0. The Bertz CT molecular complexity index is 863. The summed E-state index contributed by atoms with van der Waals surface area (Å²) < 4.78 is 5.13. The topological polar surface area (TPSA) is 79.6 Å². The molecular formula is C18H14N2O4. The molecule has 24 heavy (non-hydrogen) atoms. The van der Waals surface area contributed by atoms with Gasteiger partial charge in [-0.15, -0.1) is 0 Å². The first kappa shape index (κ1) is 15.5. The Morgan fingerprint density at radius 3 is 2.67 bits per heavy atom. The molecular weight excluding hydrogens is 308 g/mol. The van der Waals surface area contributed by atoms with Crippen LogP contribution in [0, 0.1) is 6.92 Å². The van der Waals surface area contributed by atoms with Crippen molar-refractivity contribution in [1.82, 2.24) is 5.32 Å². The molecule has 1 fully saturated rings. The lowest BCUT2D eigenvalue weighted by atomic mass is 10.1. The molecule has 0 unspecified atom stereocenters. The van der Waals surface area contributed by atoms with Crippen LogP contribution in [0.5, 0.6) is 0 Å². The Labute approximate surface area is 138 Å². The zero-order chi connectivity index (χ0) is 17.1. The smallest absolute Gasteiger partial charge is 0.335 e. The number of amides is 4. The third-order valence-electron chi connectivity index (χ3n) is 3.43. The minimum absolute atomic E-state index is 0.126. The number of hydrogen-bond acceptors (Lipinski definition) is 4. The third kappa shape index (κ3) is 3.03. The molecule has 1 aromatic carbocycles. The molecule has 0 aliphatic carbocycles. The van der Waals surface area contributed by atoms with Crippen molar-refractivity contribution in [2.75, 3.05) is 4.90 Å². The van der Waals surface area contributed by atoms with Crippen molar-refractivity contribution in [3.63, 3.8) is 0 Å². The number of furan rings is 1. The summed E-state index contributed by atoms with van der Waals surface area (Å²) in [5, 5.41) is 2.17. The van der Waals surface area contributed by atoms with Gasteiger partial charge in [0.25, 0.3) is 11.8 Å². The molecule has 3 rings (SSSR count). The van der Waals surface area contributed by atoms with Gasteiger partial charge in [0.05, 0.1) is 12.0 Å². The van der Waals surface area contributed by atoms with Gasteiger partial charge in [0.1, 0.15) is 11.3 Å². The molecule has 1 N–H and O–H groups in total. The van der Waals surface area contributed by atoms with E-state index in [1.54, 1.807) is 36.4 Å². The summed E-state index contributed by atoms with van der Waals surface area (Å²) in [5.41, 5.74) is 1.18. The number of carbonyl (C=O) groups excluding carboxylic acids is 3. The second kappa shape index (κ2) is 6.37. The van der Waals surface area contributed by atoms with Gasteiger partial charge >= 0.3 is 6.03 Å². The van der Waals surface area contributed by atoms with E-state index in [1.807, 2.05) is 13.0 Å². The number of imide groups is 2. The van der Waals surface area contributed by atoms with Gasteiger partial charge in [0, 0.05) is 0 Å². The van der Waals surface area contributed by atoms with Crippen LogP contribution >= 0.6 is 0 Å². The maximum absolute atomic E-state index is 12.6. The molecule has 0 spiro atoms. The molecule has 1 saturated heterocycles. The second-order valence-electron chi connectivity index (χ2n) is 5.19. The number of benzene rings is 1. The first-order valence-electron chi connectivity index (χ1n) is 7.24. The summed E-state index contributed by atoms with van der Waals surface area (Å²) in [6.45, 7) is 1.85. The van der Waals surface area contributed by atoms with Crippen molar-refractivity contribution >= 4 is 29.6 Å². The average Bonchev–Trinajstić information content (AvgIpc) is 3.03. The van der Waals surface area contributed by atoms with E-state index >= 15 is 0 Å². The van der Waals surface area contributed by atoms with Crippen LogP contribution in [0.1, 0.15) is 11.3 Å². The quantitative estimate of drug-likeness (QED) is 0.696. The summed E-state index contributed by atoms with van der Waals surface area (Å²) in [6, 6.07) is 9.62. The predicted octanol–water partition coefficient (Wildman–Crippen LogP) is 2.81. The number of aryl methyl sites for hydroxylation is 1. The zero-order valence-corrected chi connectivity index (χ0v) is 12.9. The first-order chi connectivity index (χ1) is 11.6. The van der Waals surface area contributed by atoms with Gasteiger partial charge in [-0.3, -0.25) is 14.9 Å². The van der Waals surface area contributed by atoms with E-state index in [2.05, 4.69) is 5.32 Å². The first-order valence-corrected chi connectivity index (χ1v) is 7.24. The monoisotopic (exact) mass is 322 g/mol. The average molecular weight is 322 g/mol. The van der Waals surface area contributed by atoms with Crippen molar-refractivity contribution in [1.29, 1.82) is 0 Å². The number of rotatable bonds is 3. The van der Waals surface area contributed by atoms with Gasteiger partial charge < -0.3 is 4.42 Å². The fourth-order valence-corrected chi connectivity index (χ4v) is 2.30. The number of anilines is 1. The van der Waals surface area contributed by atoms with Crippen molar-refractivity contribution < 1.29 is 18.8 Å². The van der Waals surface area contributed by atoms with Gasteiger partial charge in [0.2, 0.25) is 0 Å². The van der Waals surface area contributed by atoms with Gasteiger partial charge in [-0.1, -0.05) is 18.2 Å².